The number of urea groups is 1. The fourth-order valence-electron chi connectivity index (χ4n) is 6.90. The number of Topliss-reactive ketones (excluding diaryl/α,β-unsaturated/α-hetero) is 2. The van der Waals surface area contributed by atoms with Crippen LogP contribution < -0.4 is 21.3 Å². The number of nitrogens with one attached hydrogen (secondary N) is 4. The van der Waals surface area contributed by atoms with E-state index in [1.165, 1.54) is 11.0 Å². The third-order valence-corrected chi connectivity index (χ3v) is 9.78. The monoisotopic (exact) mass is 653 g/mol. The van der Waals surface area contributed by atoms with E-state index in [1.807, 2.05) is 34.6 Å². The van der Waals surface area contributed by atoms with Crippen LogP contribution in [-0.2, 0) is 24.0 Å². The molecule has 5 amide bonds. The number of hydrogen-bond acceptors (Lipinski definition) is 6. The van der Waals surface area contributed by atoms with Gasteiger partial charge in [0.1, 0.15) is 12.1 Å². The van der Waals surface area contributed by atoms with E-state index in [0.717, 1.165) is 44.9 Å². The van der Waals surface area contributed by atoms with Crippen molar-refractivity contribution in [2.75, 3.05) is 13.1 Å². The van der Waals surface area contributed by atoms with E-state index in [2.05, 4.69) is 33.8 Å². The van der Waals surface area contributed by atoms with E-state index in [-0.39, 0.29) is 55.4 Å². The Morgan fingerprint density at radius 2 is 1.62 bits per heavy atom. The molecule has 11 heteroatoms. The molecule has 3 rings (SSSR count). The Balaban J connectivity index is 1.82. The van der Waals surface area contributed by atoms with E-state index in [4.69, 9.17) is 6.42 Å². The van der Waals surface area contributed by atoms with E-state index < -0.39 is 59.1 Å². The molecular weight excluding hydrogens is 598 g/mol. The molecule has 0 radical (unpaired) electrons. The number of nitrogens with zero attached hydrogens (tertiary/aromatic N) is 1. The molecule has 2 saturated carbocycles. The zero-order chi connectivity index (χ0) is 34.9. The van der Waals surface area contributed by atoms with Crippen LogP contribution in [0.25, 0.3) is 0 Å². The zero-order valence-corrected chi connectivity index (χ0v) is 28.9. The summed E-state index contributed by atoms with van der Waals surface area (Å²) in [5.41, 5.74) is -0.735. The molecule has 47 heavy (non-hydrogen) atoms. The van der Waals surface area contributed by atoms with Gasteiger partial charge in [-0.3, -0.25) is 24.0 Å². The first-order chi connectivity index (χ1) is 22.2. The van der Waals surface area contributed by atoms with E-state index in [0.29, 0.717) is 6.42 Å². The molecule has 3 aliphatic rings. The van der Waals surface area contributed by atoms with E-state index in [1.54, 1.807) is 0 Å². The molecule has 4 N–H and O–H groups in total. The highest BCUT2D eigenvalue weighted by Crippen LogP contribution is 2.36. The highest BCUT2D eigenvalue weighted by Gasteiger charge is 2.48. The summed E-state index contributed by atoms with van der Waals surface area (Å²) in [5, 5.41) is 11.0. The van der Waals surface area contributed by atoms with Gasteiger partial charge in [0.2, 0.25) is 17.6 Å². The number of ketones is 2. The van der Waals surface area contributed by atoms with Gasteiger partial charge in [0.15, 0.2) is 5.78 Å². The van der Waals surface area contributed by atoms with Gasteiger partial charge in [0.25, 0.3) is 5.91 Å². The Kier molecular flexibility index (Phi) is 13.6. The Bertz CT molecular complexity index is 1220. The highest BCUT2D eigenvalue weighted by atomic mass is 16.2. The van der Waals surface area contributed by atoms with Gasteiger partial charge in [-0.1, -0.05) is 60.0 Å². The van der Waals surface area contributed by atoms with E-state index in [9.17, 15) is 28.8 Å². The topological polar surface area (TPSA) is 154 Å². The molecule has 3 fully saturated rings. The van der Waals surface area contributed by atoms with Gasteiger partial charge in [-0.25, -0.2) is 4.79 Å². The van der Waals surface area contributed by atoms with Gasteiger partial charge >= 0.3 is 6.03 Å². The maximum Gasteiger partial charge on any atom is 0.316 e. The zero-order valence-electron chi connectivity index (χ0n) is 28.9. The normalized spacial score (nSPS) is 21.9. The fourth-order valence-corrected chi connectivity index (χ4v) is 6.90. The number of hydrogen-bond donors (Lipinski definition) is 4. The van der Waals surface area contributed by atoms with Gasteiger partial charge in [-0.05, 0) is 61.7 Å². The number of rotatable bonds is 15. The van der Waals surface area contributed by atoms with Crippen molar-refractivity contribution in [2.24, 2.45) is 29.1 Å². The minimum atomic E-state index is -1.17. The summed E-state index contributed by atoms with van der Waals surface area (Å²) in [6, 6.07) is -4.27. The van der Waals surface area contributed by atoms with Crippen molar-refractivity contribution in [1.82, 2.24) is 26.2 Å². The van der Waals surface area contributed by atoms with Crippen molar-refractivity contribution in [2.45, 2.75) is 123 Å². The van der Waals surface area contributed by atoms with Crippen LogP contribution in [-0.4, -0.2) is 77.5 Å². The van der Waals surface area contributed by atoms with Crippen LogP contribution in [0.3, 0.4) is 0 Å². The summed E-state index contributed by atoms with van der Waals surface area (Å²) in [6.07, 6.45) is 14.3. The Hall–Kier alpha value is -3.68. The van der Waals surface area contributed by atoms with Crippen LogP contribution >= 0.6 is 0 Å². The van der Waals surface area contributed by atoms with Crippen LogP contribution in [0.2, 0.25) is 0 Å². The Morgan fingerprint density at radius 1 is 0.957 bits per heavy atom. The SMILES string of the molecule is C#CCCC(NC(=O)[C@@H]1[C@@H](C(C)C)CCN1C(=O)[C@@H](NC(=O)N[C@H](C(=O)C1CC1)C1CCCCC1)C(C)(C)C)C(=O)C(=O)NCC=C. The lowest BCUT2D eigenvalue weighted by molar-refractivity contribution is -0.144. The van der Waals surface area contributed by atoms with Gasteiger partial charge < -0.3 is 26.2 Å². The van der Waals surface area contributed by atoms with Crippen LogP contribution in [0, 0.1) is 41.4 Å². The average molecular weight is 654 g/mol. The lowest BCUT2D eigenvalue weighted by Crippen LogP contribution is -2.62. The molecule has 1 unspecified atom stereocenters. The molecule has 0 aromatic carbocycles. The van der Waals surface area contributed by atoms with Crippen molar-refractivity contribution < 1.29 is 28.8 Å². The molecular formula is C36H55N5O6. The fraction of sp³-hybridized carbons (Fsp3) is 0.722. The molecule has 1 heterocycles. The van der Waals surface area contributed by atoms with Gasteiger partial charge in [0.05, 0.1) is 12.1 Å². The molecule has 2 aliphatic carbocycles. The van der Waals surface area contributed by atoms with Crippen molar-refractivity contribution in [3.63, 3.8) is 0 Å². The quantitative estimate of drug-likeness (QED) is 0.121. The predicted octanol–water partition coefficient (Wildman–Crippen LogP) is 3.27. The van der Waals surface area contributed by atoms with E-state index >= 15 is 0 Å². The minimum absolute atomic E-state index is 0.0106. The highest BCUT2D eigenvalue weighted by molar-refractivity contribution is 6.38. The maximum atomic E-state index is 14.3. The minimum Gasteiger partial charge on any atom is -0.346 e. The third kappa shape index (κ3) is 10.2. The average Bonchev–Trinajstić information content (AvgIpc) is 3.79. The van der Waals surface area contributed by atoms with Gasteiger partial charge in [-0.2, -0.15) is 0 Å². The van der Waals surface area contributed by atoms with Crippen LogP contribution in [0.5, 0.6) is 0 Å². The number of terminal acetylenes is 1. The summed E-state index contributed by atoms with van der Waals surface area (Å²) in [6.45, 7) is 13.4. The van der Waals surface area contributed by atoms with Crippen molar-refractivity contribution in [3.05, 3.63) is 12.7 Å². The molecule has 1 saturated heterocycles. The summed E-state index contributed by atoms with van der Waals surface area (Å²) < 4.78 is 0. The smallest absolute Gasteiger partial charge is 0.316 e. The number of carbonyl (C=O) groups excluding carboxylic acids is 6. The van der Waals surface area contributed by atoms with Crippen LogP contribution in [0.15, 0.2) is 12.7 Å². The maximum absolute atomic E-state index is 14.3. The number of amides is 5. The first kappa shape index (κ1) is 37.8. The molecule has 0 aromatic rings. The summed E-state index contributed by atoms with van der Waals surface area (Å²) >= 11 is 0. The number of likely N-dealkylation sites (tertiary alicyclic amines) is 1. The molecule has 260 valence electrons. The second-order valence-electron chi connectivity index (χ2n) is 14.8. The molecule has 1 aliphatic heterocycles. The first-order valence-electron chi connectivity index (χ1n) is 17.3. The van der Waals surface area contributed by atoms with Crippen molar-refractivity contribution in [3.8, 4) is 12.3 Å². The Morgan fingerprint density at radius 3 is 2.17 bits per heavy atom. The molecule has 0 aromatic heterocycles. The van der Waals surface area contributed by atoms with Gasteiger partial charge in [0, 0.05) is 25.4 Å². The number of carbonyl (C=O) groups is 6. The second kappa shape index (κ2) is 16.9. The molecule has 0 spiro atoms. The lowest BCUT2D eigenvalue weighted by Gasteiger charge is -2.37. The van der Waals surface area contributed by atoms with Gasteiger partial charge in [-0.15, -0.1) is 18.9 Å². The van der Waals surface area contributed by atoms with Crippen LogP contribution in [0.4, 0.5) is 4.79 Å². The predicted molar refractivity (Wildman–Crippen MR) is 180 cm³/mol. The summed E-state index contributed by atoms with van der Waals surface area (Å²) in [4.78, 5) is 82.1. The third-order valence-electron chi connectivity index (χ3n) is 9.78. The first-order valence-corrected chi connectivity index (χ1v) is 17.3. The van der Waals surface area contributed by atoms with Crippen molar-refractivity contribution in [1.29, 1.82) is 0 Å². The van der Waals surface area contributed by atoms with Crippen molar-refractivity contribution >= 4 is 35.3 Å². The second-order valence-corrected chi connectivity index (χ2v) is 14.8. The molecule has 5 atom stereocenters. The molecule has 11 nitrogen and oxygen atoms in total. The largest absolute Gasteiger partial charge is 0.346 e. The molecule has 0 bridgehead atoms. The summed E-state index contributed by atoms with van der Waals surface area (Å²) in [5.74, 6) is -0.268. The lowest BCUT2D eigenvalue weighted by atomic mass is 9.81. The Labute approximate surface area is 280 Å². The summed E-state index contributed by atoms with van der Waals surface area (Å²) in [7, 11) is 0. The standard InChI is InChI=1S/C36H55N5O6/c1-8-10-16-26(30(43)33(45)37-20-9-2)38-32(44)28-25(22(3)4)19-21-41(28)34(46)31(36(5,6)7)40-35(47)39-27(29(42)24-17-18-24)23-14-12-11-13-15-23/h1,9,22-28,31H,2,10-21H2,3-7H3,(H,37,45)(H,38,44)(H2,39,40,47)/t25-,26?,27+,28+,31-/m1/s1. The van der Waals surface area contributed by atoms with Crippen LogP contribution in [0.1, 0.15) is 98.8 Å².